The number of methoxy groups -OCH3 is 1. The zero-order chi connectivity index (χ0) is 20.1. The van der Waals surface area contributed by atoms with Gasteiger partial charge < -0.3 is 14.6 Å². The Kier molecular flexibility index (Phi) is 6.52. The first-order chi connectivity index (χ1) is 13.5. The van der Waals surface area contributed by atoms with Crippen molar-refractivity contribution in [2.24, 2.45) is 5.92 Å². The zero-order valence-corrected chi connectivity index (χ0v) is 16.2. The molecule has 0 aliphatic carbocycles. The van der Waals surface area contributed by atoms with Crippen LogP contribution < -0.4 is 9.47 Å². The predicted molar refractivity (Wildman–Crippen MR) is 104 cm³/mol. The number of carboxylic acid groups (broad SMARTS) is 1. The number of carbonyl (C=O) groups is 1. The fourth-order valence-corrected chi connectivity index (χ4v) is 3.86. The van der Waals surface area contributed by atoms with E-state index in [1.54, 1.807) is 13.2 Å². The molecule has 1 fully saturated rings. The van der Waals surface area contributed by atoms with Crippen LogP contribution in [-0.2, 0) is 4.79 Å². The third-order valence-corrected chi connectivity index (χ3v) is 5.13. The van der Waals surface area contributed by atoms with Crippen LogP contribution in [0.2, 0.25) is 0 Å². The molecule has 1 N–H and O–H groups in total. The highest BCUT2D eigenvalue weighted by molar-refractivity contribution is 5.70. The number of hydrogen-bond acceptors (Lipinski definition) is 4. The lowest BCUT2D eigenvalue weighted by molar-refractivity contribution is -0.143. The Labute approximate surface area is 164 Å². The maximum absolute atomic E-state index is 14.0. The standard InChI is InChI=1S/C22H26FNO4/c1-3-28-20-13-16(9-10-19(20)27-2)21(15-6-4-8-18(23)12-15)24-11-5-7-17(14-24)22(25)26/h4,6,8-10,12-13,17,21H,3,5,7,11,14H2,1-2H3,(H,25,26). The van der Waals surface area contributed by atoms with Crippen molar-refractivity contribution in [1.29, 1.82) is 0 Å². The average molecular weight is 387 g/mol. The van der Waals surface area contributed by atoms with Crippen LogP contribution in [0.5, 0.6) is 11.5 Å². The summed E-state index contributed by atoms with van der Waals surface area (Å²) in [6, 6.07) is 11.9. The number of rotatable bonds is 7. The van der Waals surface area contributed by atoms with E-state index in [9.17, 15) is 14.3 Å². The van der Waals surface area contributed by atoms with E-state index in [1.807, 2.05) is 31.2 Å². The van der Waals surface area contributed by atoms with E-state index >= 15 is 0 Å². The fourth-order valence-electron chi connectivity index (χ4n) is 3.86. The van der Waals surface area contributed by atoms with Gasteiger partial charge in [0.05, 0.1) is 25.7 Å². The van der Waals surface area contributed by atoms with Crippen molar-refractivity contribution in [3.63, 3.8) is 0 Å². The summed E-state index contributed by atoms with van der Waals surface area (Å²) in [5.74, 6) is -0.268. The highest BCUT2D eigenvalue weighted by Crippen LogP contribution is 2.37. The van der Waals surface area contributed by atoms with E-state index < -0.39 is 11.9 Å². The van der Waals surface area contributed by atoms with E-state index in [0.29, 0.717) is 31.1 Å². The molecule has 150 valence electrons. The number of likely N-dealkylation sites (tertiary alicyclic amines) is 1. The van der Waals surface area contributed by atoms with Crippen LogP contribution in [0.25, 0.3) is 0 Å². The van der Waals surface area contributed by atoms with Gasteiger partial charge in [0, 0.05) is 6.54 Å². The molecule has 0 aromatic heterocycles. The Balaban J connectivity index is 2.04. The summed E-state index contributed by atoms with van der Waals surface area (Å²) in [6.45, 7) is 3.57. The molecule has 2 unspecified atom stereocenters. The second-order valence-electron chi connectivity index (χ2n) is 6.97. The third kappa shape index (κ3) is 4.44. The largest absolute Gasteiger partial charge is 0.493 e. The lowest BCUT2D eigenvalue weighted by atomic mass is 9.91. The minimum atomic E-state index is -0.785. The van der Waals surface area contributed by atoms with E-state index in [-0.39, 0.29) is 11.9 Å². The molecule has 0 spiro atoms. The minimum Gasteiger partial charge on any atom is -0.493 e. The van der Waals surface area contributed by atoms with Crippen LogP contribution in [0.4, 0.5) is 4.39 Å². The molecule has 1 aliphatic heterocycles. The highest BCUT2D eigenvalue weighted by Gasteiger charge is 2.31. The first-order valence-corrected chi connectivity index (χ1v) is 9.56. The van der Waals surface area contributed by atoms with Crippen molar-refractivity contribution in [3.05, 3.63) is 59.4 Å². The SMILES string of the molecule is CCOc1cc(C(c2cccc(F)c2)N2CCCC(C(=O)O)C2)ccc1OC. The average Bonchev–Trinajstić information content (AvgIpc) is 2.69. The number of hydrogen-bond donors (Lipinski definition) is 1. The van der Waals surface area contributed by atoms with Crippen LogP contribution >= 0.6 is 0 Å². The van der Waals surface area contributed by atoms with Crippen molar-refractivity contribution >= 4 is 5.97 Å². The number of ether oxygens (including phenoxy) is 2. The number of carboxylic acids is 1. The van der Waals surface area contributed by atoms with Gasteiger partial charge in [-0.25, -0.2) is 4.39 Å². The summed E-state index contributed by atoms with van der Waals surface area (Å²) in [6.07, 6.45) is 1.45. The second-order valence-corrected chi connectivity index (χ2v) is 6.97. The molecule has 0 amide bonds. The summed E-state index contributed by atoms with van der Waals surface area (Å²) >= 11 is 0. The smallest absolute Gasteiger partial charge is 0.307 e. The van der Waals surface area contributed by atoms with Crippen LogP contribution in [0.3, 0.4) is 0 Å². The van der Waals surface area contributed by atoms with Crippen LogP contribution in [-0.4, -0.2) is 42.8 Å². The van der Waals surface area contributed by atoms with Gasteiger partial charge >= 0.3 is 5.97 Å². The van der Waals surface area contributed by atoms with Gasteiger partial charge in [-0.3, -0.25) is 9.69 Å². The van der Waals surface area contributed by atoms with E-state index in [2.05, 4.69) is 4.90 Å². The molecule has 5 nitrogen and oxygen atoms in total. The maximum Gasteiger partial charge on any atom is 0.307 e. The second kappa shape index (κ2) is 9.06. The molecule has 1 heterocycles. The van der Waals surface area contributed by atoms with E-state index in [1.165, 1.54) is 12.1 Å². The molecule has 2 atom stereocenters. The van der Waals surface area contributed by atoms with Gasteiger partial charge in [0.1, 0.15) is 5.82 Å². The lowest BCUT2D eigenvalue weighted by Crippen LogP contribution is -2.41. The van der Waals surface area contributed by atoms with Gasteiger partial charge in [0.25, 0.3) is 0 Å². The summed E-state index contributed by atoms with van der Waals surface area (Å²) in [5, 5.41) is 9.48. The zero-order valence-electron chi connectivity index (χ0n) is 16.2. The van der Waals surface area contributed by atoms with Crippen molar-refractivity contribution in [2.45, 2.75) is 25.8 Å². The van der Waals surface area contributed by atoms with Crippen LogP contribution in [0.15, 0.2) is 42.5 Å². The van der Waals surface area contributed by atoms with Gasteiger partial charge in [0.2, 0.25) is 0 Å². The topological polar surface area (TPSA) is 59.0 Å². The predicted octanol–water partition coefficient (Wildman–Crippen LogP) is 4.12. The summed E-state index contributed by atoms with van der Waals surface area (Å²) in [4.78, 5) is 13.7. The van der Waals surface area contributed by atoms with E-state index in [4.69, 9.17) is 9.47 Å². The van der Waals surface area contributed by atoms with Gasteiger partial charge in [-0.05, 0) is 61.7 Å². The molecule has 1 saturated heterocycles. The van der Waals surface area contributed by atoms with Crippen molar-refractivity contribution in [3.8, 4) is 11.5 Å². The number of nitrogens with zero attached hydrogens (tertiary/aromatic N) is 1. The Morgan fingerprint density at radius 1 is 1.25 bits per heavy atom. The lowest BCUT2D eigenvalue weighted by Gasteiger charge is -2.37. The number of piperidine rings is 1. The fraction of sp³-hybridized carbons (Fsp3) is 0.409. The van der Waals surface area contributed by atoms with E-state index in [0.717, 1.165) is 24.1 Å². The maximum atomic E-state index is 14.0. The Hall–Kier alpha value is -2.60. The Morgan fingerprint density at radius 2 is 2.04 bits per heavy atom. The molecule has 2 aromatic carbocycles. The first-order valence-electron chi connectivity index (χ1n) is 9.56. The first kappa shape index (κ1) is 20.1. The number of benzene rings is 2. The third-order valence-electron chi connectivity index (χ3n) is 5.13. The van der Waals surface area contributed by atoms with Crippen molar-refractivity contribution < 1.29 is 23.8 Å². The Morgan fingerprint density at radius 3 is 2.71 bits per heavy atom. The van der Waals surface area contributed by atoms with Crippen LogP contribution in [0, 0.1) is 11.7 Å². The van der Waals surface area contributed by atoms with Gasteiger partial charge in [-0.1, -0.05) is 18.2 Å². The highest BCUT2D eigenvalue weighted by atomic mass is 19.1. The molecule has 28 heavy (non-hydrogen) atoms. The monoisotopic (exact) mass is 387 g/mol. The summed E-state index contributed by atoms with van der Waals surface area (Å²) in [7, 11) is 1.59. The normalized spacial score (nSPS) is 18.5. The Bertz CT molecular complexity index is 826. The molecule has 3 rings (SSSR count). The molecule has 1 aliphatic rings. The summed E-state index contributed by atoms with van der Waals surface area (Å²) < 4.78 is 25.1. The molecular formula is C22H26FNO4. The summed E-state index contributed by atoms with van der Waals surface area (Å²) in [5.41, 5.74) is 1.71. The van der Waals surface area contributed by atoms with Gasteiger partial charge in [-0.2, -0.15) is 0 Å². The minimum absolute atomic E-state index is 0.261. The molecule has 2 aromatic rings. The van der Waals surface area contributed by atoms with Gasteiger partial charge in [-0.15, -0.1) is 0 Å². The van der Waals surface area contributed by atoms with Crippen molar-refractivity contribution in [1.82, 2.24) is 4.90 Å². The quantitative estimate of drug-likeness (QED) is 0.775. The van der Waals surface area contributed by atoms with Crippen molar-refractivity contribution in [2.75, 3.05) is 26.8 Å². The molecule has 0 radical (unpaired) electrons. The molecule has 6 heteroatoms. The number of aliphatic carboxylic acids is 1. The number of halogens is 1. The molecule has 0 saturated carbocycles. The molecule has 0 bridgehead atoms. The molecular weight excluding hydrogens is 361 g/mol. The van der Waals surface area contributed by atoms with Crippen LogP contribution in [0.1, 0.15) is 36.9 Å². The van der Waals surface area contributed by atoms with Gasteiger partial charge in [0.15, 0.2) is 11.5 Å².